The molecule has 0 heterocycles. The summed E-state index contributed by atoms with van der Waals surface area (Å²) in [6.07, 6.45) is -1.78. The van der Waals surface area contributed by atoms with Crippen LogP contribution in [-0.2, 0) is 16.0 Å². The number of ether oxygens (including phenoxy) is 3. The fraction of sp³-hybridized carbons (Fsp3) is 0.381. The van der Waals surface area contributed by atoms with E-state index >= 15 is 0 Å². The van der Waals surface area contributed by atoms with E-state index in [0.29, 0.717) is 21.5 Å². The van der Waals surface area contributed by atoms with E-state index in [4.69, 9.17) is 37.4 Å². The van der Waals surface area contributed by atoms with E-state index in [1.54, 1.807) is 56.3 Å². The monoisotopic (exact) mass is 442 g/mol. The number of hydrogen-bond acceptors (Lipinski definition) is 5. The van der Waals surface area contributed by atoms with Crippen LogP contribution >= 0.6 is 23.2 Å². The summed E-state index contributed by atoms with van der Waals surface area (Å²) in [7, 11) is 0. The molecule has 2 aromatic rings. The van der Waals surface area contributed by atoms with Gasteiger partial charge in [0, 0.05) is 12.5 Å². The molecule has 158 valence electrons. The van der Waals surface area contributed by atoms with Crippen LogP contribution in [0.15, 0.2) is 42.5 Å². The van der Waals surface area contributed by atoms with Crippen molar-refractivity contribution in [2.75, 3.05) is 13.2 Å². The van der Waals surface area contributed by atoms with E-state index in [2.05, 4.69) is 0 Å². The van der Waals surface area contributed by atoms with Gasteiger partial charge in [0.15, 0.2) is 6.10 Å². The Kier molecular flexibility index (Phi) is 9.04. The van der Waals surface area contributed by atoms with Crippen molar-refractivity contribution >= 4 is 29.2 Å². The second kappa shape index (κ2) is 11.3. The van der Waals surface area contributed by atoms with E-state index < -0.39 is 18.2 Å². The SMILES string of the molecule is CC(C)O[C@@H](Cc1cccc(OC[C@@H](O)COc2ccc(Cl)c(Cl)c2)c1)C(=O)O. The molecule has 6 nitrogen and oxygen atoms in total. The summed E-state index contributed by atoms with van der Waals surface area (Å²) in [6.45, 7) is 3.60. The number of carbonyl (C=O) groups is 1. The molecule has 0 fully saturated rings. The Morgan fingerprint density at radius 1 is 1.00 bits per heavy atom. The number of hydrogen-bond donors (Lipinski definition) is 2. The van der Waals surface area contributed by atoms with E-state index in [-0.39, 0.29) is 25.7 Å². The average molecular weight is 443 g/mol. The minimum absolute atomic E-state index is 0.00955. The Balaban J connectivity index is 1.86. The first-order valence-corrected chi connectivity index (χ1v) is 9.86. The van der Waals surface area contributed by atoms with Gasteiger partial charge in [0.05, 0.1) is 16.1 Å². The summed E-state index contributed by atoms with van der Waals surface area (Å²) in [5.74, 6) is -0.00465. The van der Waals surface area contributed by atoms with Crippen molar-refractivity contribution < 1.29 is 29.2 Å². The van der Waals surface area contributed by atoms with Crippen LogP contribution in [0.2, 0.25) is 10.0 Å². The lowest BCUT2D eigenvalue weighted by atomic mass is 10.1. The van der Waals surface area contributed by atoms with Crippen LogP contribution in [0, 0.1) is 0 Å². The summed E-state index contributed by atoms with van der Waals surface area (Å²) >= 11 is 11.8. The summed E-state index contributed by atoms with van der Waals surface area (Å²) in [4.78, 5) is 11.3. The van der Waals surface area contributed by atoms with Gasteiger partial charge in [-0.25, -0.2) is 4.79 Å². The number of aliphatic hydroxyl groups is 1. The smallest absolute Gasteiger partial charge is 0.333 e. The van der Waals surface area contributed by atoms with Gasteiger partial charge in [-0.1, -0.05) is 35.3 Å². The zero-order valence-corrected chi connectivity index (χ0v) is 17.7. The highest BCUT2D eigenvalue weighted by Crippen LogP contribution is 2.26. The molecule has 0 amide bonds. The molecular weight excluding hydrogens is 419 g/mol. The summed E-state index contributed by atoms with van der Waals surface area (Å²) in [6, 6.07) is 11.9. The Bertz CT molecular complexity index is 812. The van der Waals surface area contributed by atoms with Gasteiger partial charge in [0.2, 0.25) is 0 Å². The van der Waals surface area contributed by atoms with Crippen LogP contribution in [-0.4, -0.2) is 47.7 Å². The molecule has 2 rings (SSSR count). The third-order valence-electron chi connectivity index (χ3n) is 3.81. The van der Waals surface area contributed by atoms with E-state index in [9.17, 15) is 15.0 Å². The molecule has 2 N–H and O–H groups in total. The third kappa shape index (κ3) is 8.11. The van der Waals surface area contributed by atoms with Gasteiger partial charge in [-0.05, 0) is 43.7 Å². The molecule has 0 unspecified atom stereocenters. The summed E-state index contributed by atoms with van der Waals surface area (Å²) < 4.78 is 16.5. The quantitative estimate of drug-likeness (QED) is 0.541. The van der Waals surface area contributed by atoms with Gasteiger partial charge in [-0.15, -0.1) is 0 Å². The molecule has 0 radical (unpaired) electrons. The van der Waals surface area contributed by atoms with Crippen molar-refractivity contribution in [3.8, 4) is 11.5 Å². The van der Waals surface area contributed by atoms with E-state index in [1.165, 1.54) is 0 Å². The van der Waals surface area contributed by atoms with Gasteiger partial charge in [0.25, 0.3) is 0 Å². The number of carboxylic acids is 1. The second-order valence-corrected chi connectivity index (χ2v) is 7.53. The van der Waals surface area contributed by atoms with Gasteiger partial charge in [0.1, 0.15) is 30.8 Å². The molecule has 2 atom stereocenters. The minimum Gasteiger partial charge on any atom is -0.491 e. The molecule has 0 bridgehead atoms. The van der Waals surface area contributed by atoms with Crippen molar-refractivity contribution in [1.82, 2.24) is 0 Å². The largest absolute Gasteiger partial charge is 0.491 e. The molecule has 0 aromatic heterocycles. The molecule has 0 saturated heterocycles. The standard InChI is InChI=1S/C21H24Cl2O6/c1-13(2)29-20(21(25)26)9-14-4-3-5-16(8-14)27-11-15(24)12-28-17-6-7-18(22)19(23)10-17/h3-8,10,13,15,20,24H,9,11-12H2,1-2H3,(H,25,26)/t15-,20+/m1/s1. The first-order chi connectivity index (χ1) is 13.7. The van der Waals surface area contributed by atoms with Crippen molar-refractivity contribution in [1.29, 1.82) is 0 Å². The number of carboxylic acid groups (broad SMARTS) is 1. The van der Waals surface area contributed by atoms with E-state index in [1.807, 2.05) is 0 Å². The highest BCUT2D eigenvalue weighted by Gasteiger charge is 2.20. The summed E-state index contributed by atoms with van der Waals surface area (Å²) in [5, 5.41) is 20.2. The van der Waals surface area contributed by atoms with Crippen LogP contribution in [0.5, 0.6) is 11.5 Å². The number of aliphatic hydroxyl groups excluding tert-OH is 1. The highest BCUT2D eigenvalue weighted by atomic mass is 35.5. The molecule has 0 aliphatic rings. The summed E-state index contributed by atoms with van der Waals surface area (Å²) in [5.41, 5.74) is 0.761. The molecule has 0 spiro atoms. The van der Waals surface area contributed by atoms with Crippen LogP contribution < -0.4 is 9.47 Å². The van der Waals surface area contributed by atoms with Crippen molar-refractivity contribution in [2.45, 2.75) is 38.6 Å². The number of halogens is 2. The molecule has 0 saturated carbocycles. The zero-order chi connectivity index (χ0) is 21.4. The zero-order valence-electron chi connectivity index (χ0n) is 16.2. The van der Waals surface area contributed by atoms with Crippen molar-refractivity contribution in [2.24, 2.45) is 0 Å². The van der Waals surface area contributed by atoms with Crippen LogP contribution in [0.25, 0.3) is 0 Å². The Morgan fingerprint density at radius 3 is 2.24 bits per heavy atom. The second-order valence-electron chi connectivity index (χ2n) is 6.71. The fourth-order valence-electron chi connectivity index (χ4n) is 2.50. The number of benzene rings is 2. The lowest BCUT2D eigenvalue weighted by molar-refractivity contribution is -0.153. The highest BCUT2D eigenvalue weighted by molar-refractivity contribution is 6.42. The Labute approximate surface area is 179 Å². The average Bonchev–Trinajstić information content (AvgIpc) is 2.66. The first-order valence-electron chi connectivity index (χ1n) is 9.10. The first kappa shape index (κ1) is 23.3. The van der Waals surface area contributed by atoms with Crippen molar-refractivity contribution in [3.05, 3.63) is 58.1 Å². The van der Waals surface area contributed by atoms with E-state index in [0.717, 1.165) is 5.56 Å². The molecule has 2 aromatic carbocycles. The van der Waals surface area contributed by atoms with Crippen LogP contribution in [0.4, 0.5) is 0 Å². The lowest BCUT2D eigenvalue weighted by Gasteiger charge is -2.17. The lowest BCUT2D eigenvalue weighted by Crippen LogP contribution is -2.29. The van der Waals surface area contributed by atoms with Crippen LogP contribution in [0.3, 0.4) is 0 Å². The topological polar surface area (TPSA) is 85.2 Å². The normalized spacial score (nSPS) is 13.2. The minimum atomic E-state index is -1.01. The maximum Gasteiger partial charge on any atom is 0.333 e. The molecular formula is C21H24Cl2O6. The maximum absolute atomic E-state index is 11.3. The molecule has 8 heteroatoms. The molecule has 29 heavy (non-hydrogen) atoms. The van der Waals surface area contributed by atoms with Gasteiger partial charge in [-0.2, -0.15) is 0 Å². The van der Waals surface area contributed by atoms with Gasteiger partial charge < -0.3 is 24.4 Å². The molecule has 0 aliphatic carbocycles. The third-order valence-corrected chi connectivity index (χ3v) is 4.55. The Morgan fingerprint density at radius 2 is 1.66 bits per heavy atom. The number of rotatable bonds is 11. The van der Waals surface area contributed by atoms with Crippen LogP contribution in [0.1, 0.15) is 19.4 Å². The predicted octanol–water partition coefficient (Wildman–Crippen LogP) is 4.23. The molecule has 0 aliphatic heterocycles. The van der Waals surface area contributed by atoms with Gasteiger partial charge >= 0.3 is 5.97 Å². The van der Waals surface area contributed by atoms with Gasteiger partial charge in [-0.3, -0.25) is 0 Å². The number of aliphatic carboxylic acids is 1. The van der Waals surface area contributed by atoms with Crippen molar-refractivity contribution in [3.63, 3.8) is 0 Å². The predicted molar refractivity (Wildman–Crippen MR) is 111 cm³/mol. The Hall–Kier alpha value is -1.99. The fourth-order valence-corrected chi connectivity index (χ4v) is 2.79. The maximum atomic E-state index is 11.3.